The van der Waals surface area contributed by atoms with E-state index in [9.17, 15) is 0 Å². The topological polar surface area (TPSA) is 69.8 Å². The Bertz CT molecular complexity index is 709. The maximum absolute atomic E-state index is 4.30. The Hall–Kier alpha value is -1.42. The second kappa shape index (κ2) is 11.4. The Balaban J connectivity index is 0.00000261. The van der Waals surface area contributed by atoms with E-state index in [4.69, 9.17) is 0 Å². The van der Waals surface area contributed by atoms with Gasteiger partial charge in [0, 0.05) is 25.8 Å². The molecule has 150 valence electrons. The SMILES string of the molecule is CN=C(NCCCN(C)C1CCCCC1)NCc1nnc2ccccn12.I. The molecule has 0 atom stereocenters. The van der Waals surface area contributed by atoms with Crippen molar-refractivity contribution in [2.75, 3.05) is 27.2 Å². The van der Waals surface area contributed by atoms with Crippen LogP contribution in [0.25, 0.3) is 5.65 Å². The highest BCUT2D eigenvalue weighted by Gasteiger charge is 2.17. The molecule has 7 nitrogen and oxygen atoms in total. The number of pyridine rings is 1. The number of hydrogen-bond acceptors (Lipinski definition) is 4. The summed E-state index contributed by atoms with van der Waals surface area (Å²) in [5, 5.41) is 15.1. The summed E-state index contributed by atoms with van der Waals surface area (Å²) < 4.78 is 1.99. The van der Waals surface area contributed by atoms with Crippen LogP contribution in [0.1, 0.15) is 44.3 Å². The zero-order chi connectivity index (χ0) is 18.2. The number of rotatable bonds is 7. The van der Waals surface area contributed by atoms with E-state index in [1.807, 2.05) is 28.8 Å². The molecular weight excluding hydrogens is 453 g/mol. The third kappa shape index (κ3) is 6.31. The third-order valence-corrected chi connectivity index (χ3v) is 5.20. The largest absolute Gasteiger partial charge is 0.356 e. The first-order valence-electron chi connectivity index (χ1n) is 9.71. The van der Waals surface area contributed by atoms with Crippen LogP contribution in [-0.4, -0.2) is 58.7 Å². The number of nitrogens with one attached hydrogen (secondary N) is 2. The van der Waals surface area contributed by atoms with Crippen molar-refractivity contribution in [1.82, 2.24) is 30.1 Å². The fourth-order valence-corrected chi connectivity index (χ4v) is 3.63. The molecule has 0 unspecified atom stereocenters. The van der Waals surface area contributed by atoms with Gasteiger partial charge < -0.3 is 15.5 Å². The van der Waals surface area contributed by atoms with Gasteiger partial charge in [-0.2, -0.15) is 0 Å². The first kappa shape index (κ1) is 21.9. The van der Waals surface area contributed by atoms with E-state index >= 15 is 0 Å². The van der Waals surface area contributed by atoms with Crippen LogP contribution in [0.15, 0.2) is 29.4 Å². The van der Waals surface area contributed by atoms with Crippen LogP contribution in [0.2, 0.25) is 0 Å². The first-order chi connectivity index (χ1) is 12.8. The lowest BCUT2D eigenvalue weighted by Gasteiger charge is -2.31. The summed E-state index contributed by atoms with van der Waals surface area (Å²) in [4.78, 5) is 6.82. The van der Waals surface area contributed by atoms with E-state index in [-0.39, 0.29) is 24.0 Å². The molecule has 0 bridgehead atoms. The van der Waals surface area contributed by atoms with Crippen molar-refractivity contribution in [3.05, 3.63) is 30.2 Å². The summed E-state index contributed by atoms with van der Waals surface area (Å²) in [6, 6.07) is 6.68. The van der Waals surface area contributed by atoms with Gasteiger partial charge >= 0.3 is 0 Å². The molecule has 2 heterocycles. The summed E-state index contributed by atoms with van der Waals surface area (Å²) in [5.41, 5.74) is 0.859. The van der Waals surface area contributed by atoms with Gasteiger partial charge in [0.25, 0.3) is 0 Å². The normalized spacial score (nSPS) is 15.7. The molecule has 0 amide bonds. The second-order valence-electron chi connectivity index (χ2n) is 7.02. The van der Waals surface area contributed by atoms with E-state index in [1.54, 1.807) is 7.05 Å². The second-order valence-corrected chi connectivity index (χ2v) is 7.02. The van der Waals surface area contributed by atoms with Gasteiger partial charge in [-0.25, -0.2) is 0 Å². The summed E-state index contributed by atoms with van der Waals surface area (Å²) in [7, 11) is 4.06. The maximum Gasteiger partial charge on any atom is 0.191 e. The fourth-order valence-electron chi connectivity index (χ4n) is 3.63. The third-order valence-electron chi connectivity index (χ3n) is 5.20. The average Bonchev–Trinajstić information content (AvgIpc) is 3.11. The molecule has 0 saturated heterocycles. The molecule has 8 heteroatoms. The predicted molar refractivity (Wildman–Crippen MR) is 121 cm³/mol. The van der Waals surface area contributed by atoms with Gasteiger partial charge in [0.2, 0.25) is 0 Å². The predicted octanol–water partition coefficient (Wildman–Crippen LogP) is 2.67. The molecule has 1 aliphatic rings. The number of aliphatic imine (C=N–C) groups is 1. The standard InChI is InChI=1S/C19H31N7.HI/c1-20-19(21-12-8-13-25(2)16-9-4-3-5-10-16)22-15-18-24-23-17-11-6-7-14-26(17)18;/h6-7,11,14,16H,3-5,8-10,12-13,15H2,1-2H3,(H2,20,21,22);1H. The average molecular weight is 485 g/mol. The molecule has 0 aromatic carbocycles. The van der Waals surface area contributed by atoms with E-state index in [2.05, 4.69) is 37.8 Å². The smallest absolute Gasteiger partial charge is 0.191 e. The lowest BCUT2D eigenvalue weighted by atomic mass is 9.94. The minimum atomic E-state index is 0. The van der Waals surface area contributed by atoms with E-state index in [1.165, 1.54) is 32.1 Å². The van der Waals surface area contributed by atoms with Crippen LogP contribution >= 0.6 is 24.0 Å². The van der Waals surface area contributed by atoms with Gasteiger partial charge in [0.1, 0.15) is 0 Å². The first-order valence-corrected chi connectivity index (χ1v) is 9.71. The number of fused-ring (bicyclic) bond motifs is 1. The van der Waals surface area contributed by atoms with Crippen LogP contribution < -0.4 is 10.6 Å². The lowest BCUT2D eigenvalue weighted by Crippen LogP contribution is -2.39. The number of hydrogen-bond donors (Lipinski definition) is 2. The van der Waals surface area contributed by atoms with Crippen molar-refractivity contribution in [3.8, 4) is 0 Å². The van der Waals surface area contributed by atoms with Crippen molar-refractivity contribution >= 4 is 35.6 Å². The van der Waals surface area contributed by atoms with Crippen LogP contribution in [0, 0.1) is 0 Å². The van der Waals surface area contributed by atoms with Gasteiger partial charge in [-0.15, -0.1) is 34.2 Å². The molecule has 3 rings (SSSR count). The molecule has 27 heavy (non-hydrogen) atoms. The molecule has 2 N–H and O–H groups in total. The Morgan fingerprint density at radius 3 is 2.81 bits per heavy atom. The van der Waals surface area contributed by atoms with Gasteiger partial charge in [-0.3, -0.25) is 9.39 Å². The summed E-state index contributed by atoms with van der Waals surface area (Å²) in [5.74, 6) is 1.68. The van der Waals surface area contributed by atoms with Crippen LogP contribution in [0.4, 0.5) is 0 Å². The van der Waals surface area contributed by atoms with E-state index in [0.717, 1.165) is 43.0 Å². The van der Waals surface area contributed by atoms with Crippen molar-refractivity contribution in [3.63, 3.8) is 0 Å². The molecule has 0 radical (unpaired) electrons. The fraction of sp³-hybridized carbons (Fsp3) is 0.632. The molecule has 1 fully saturated rings. The van der Waals surface area contributed by atoms with Crippen LogP contribution in [-0.2, 0) is 6.54 Å². The molecule has 2 aromatic rings. The summed E-state index contributed by atoms with van der Waals surface area (Å²) >= 11 is 0. The Morgan fingerprint density at radius 2 is 2.04 bits per heavy atom. The quantitative estimate of drug-likeness (QED) is 0.273. The van der Waals surface area contributed by atoms with Crippen LogP contribution in [0.5, 0.6) is 0 Å². The number of nitrogens with zero attached hydrogens (tertiary/aromatic N) is 5. The summed E-state index contributed by atoms with van der Waals surface area (Å²) in [6.07, 6.45) is 10.0. The molecule has 0 aliphatic heterocycles. The Kier molecular flexibility index (Phi) is 9.26. The zero-order valence-electron chi connectivity index (χ0n) is 16.4. The highest BCUT2D eigenvalue weighted by atomic mass is 127. The van der Waals surface area contributed by atoms with Gasteiger partial charge in [0.15, 0.2) is 17.4 Å². The molecule has 1 saturated carbocycles. The monoisotopic (exact) mass is 485 g/mol. The molecule has 0 spiro atoms. The summed E-state index contributed by atoms with van der Waals surface area (Å²) in [6.45, 7) is 2.63. The van der Waals surface area contributed by atoms with Crippen molar-refractivity contribution in [1.29, 1.82) is 0 Å². The van der Waals surface area contributed by atoms with Crippen molar-refractivity contribution in [2.24, 2.45) is 4.99 Å². The van der Waals surface area contributed by atoms with E-state index in [0.29, 0.717) is 6.54 Å². The van der Waals surface area contributed by atoms with Crippen molar-refractivity contribution in [2.45, 2.75) is 51.1 Å². The maximum atomic E-state index is 4.30. The van der Waals surface area contributed by atoms with Gasteiger partial charge in [-0.1, -0.05) is 25.3 Å². The molecule has 1 aliphatic carbocycles. The van der Waals surface area contributed by atoms with Gasteiger partial charge in [-0.05, 0) is 45.0 Å². The minimum Gasteiger partial charge on any atom is -0.356 e. The Labute approximate surface area is 179 Å². The van der Waals surface area contributed by atoms with E-state index < -0.39 is 0 Å². The zero-order valence-corrected chi connectivity index (χ0v) is 18.7. The highest BCUT2D eigenvalue weighted by Crippen LogP contribution is 2.21. The van der Waals surface area contributed by atoms with Gasteiger partial charge in [0.05, 0.1) is 6.54 Å². The number of halogens is 1. The van der Waals surface area contributed by atoms with Crippen LogP contribution in [0.3, 0.4) is 0 Å². The van der Waals surface area contributed by atoms with Crippen molar-refractivity contribution < 1.29 is 0 Å². The molecular formula is C19H32IN7. The number of guanidine groups is 1. The Morgan fingerprint density at radius 1 is 1.22 bits per heavy atom. The highest BCUT2D eigenvalue weighted by molar-refractivity contribution is 14.0. The number of aromatic nitrogens is 3. The molecule has 2 aromatic heterocycles. The lowest BCUT2D eigenvalue weighted by molar-refractivity contribution is 0.190. The minimum absolute atomic E-state index is 0.